The lowest BCUT2D eigenvalue weighted by atomic mass is 10.3. The minimum atomic E-state index is -3.51. The molecule has 1 aromatic carbocycles. The van der Waals surface area contributed by atoms with Crippen LogP contribution >= 0.6 is 0 Å². The van der Waals surface area contributed by atoms with Gasteiger partial charge in [0.25, 0.3) is 0 Å². The predicted molar refractivity (Wildman–Crippen MR) is 85.2 cm³/mol. The molecule has 0 aliphatic carbocycles. The zero-order valence-corrected chi connectivity index (χ0v) is 13.7. The Balaban J connectivity index is 2.26. The fourth-order valence-corrected chi connectivity index (χ4v) is 2.40. The minimum Gasteiger partial charge on any atom is -0.462 e. The smallest absolute Gasteiger partial charge is 0.343 e. The summed E-state index contributed by atoms with van der Waals surface area (Å²) in [6, 6.07) is 3.37. The van der Waals surface area contributed by atoms with Crippen molar-refractivity contribution >= 4 is 33.3 Å². The molecule has 0 aliphatic rings. The molecule has 24 heavy (non-hydrogen) atoms. The molecule has 0 aliphatic heterocycles. The van der Waals surface area contributed by atoms with Crippen LogP contribution in [0.1, 0.15) is 17.3 Å². The number of hydrogen-bond acceptors (Lipinski definition) is 8. The number of nitrogens with two attached hydrogens (primary N) is 1. The van der Waals surface area contributed by atoms with E-state index in [2.05, 4.69) is 15.3 Å². The predicted octanol–water partition coefficient (Wildman–Crippen LogP) is 1.52. The number of hydrogen-bond donors (Lipinski definition) is 2. The third-order valence-electron chi connectivity index (χ3n) is 2.93. The molecule has 0 bridgehead atoms. The van der Waals surface area contributed by atoms with Crippen molar-refractivity contribution in [3.8, 4) is 0 Å². The van der Waals surface area contributed by atoms with Crippen LogP contribution in [-0.4, -0.2) is 37.2 Å². The largest absolute Gasteiger partial charge is 0.462 e. The van der Waals surface area contributed by atoms with Crippen molar-refractivity contribution in [2.45, 2.75) is 11.8 Å². The normalized spacial score (nSPS) is 11.1. The highest BCUT2D eigenvalue weighted by Crippen LogP contribution is 2.22. The second-order valence-corrected chi connectivity index (χ2v) is 6.77. The van der Waals surface area contributed by atoms with E-state index < -0.39 is 21.6 Å². The lowest BCUT2D eigenvalue weighted by Gasteiger charge is -2.09. The average Bonchev–Trinajstić information content (AvgIpc) is 2.48. The molecular weight excluding hydrogens is 339 g/mol. The lowest BCUT2D eigenvalue weighted by Crippen LogP contribution is -2.11. The summed E-state index contributed by atoms with van der Waals surface area (Å²) in [4.78, 5) is 19.2. The summed E-state index contributed by atoms with van der Waals surface area (Å²) in [5.74, 6) is -1.63. The molecule has 0 saturated heterocycles. The standard InChI is InChI=1S/C14H15FN4O4S/c1-3-23-13(20)9-7-17-14(19-12(9)16)18-11-5-4-8(6-10(11)15)24(2,21)22/h4-7H,3H2,1-2H3,(H3,16,17,18,19). The van der Waals surface area contributed by atoms with Crippen LogP contribution in [0.4, 0.5) is 21.8 Å². The Morgan fingerprint density at radius 1 is 1.42 bits per heavy atom. The molecule has 0 spiro atoms. The summed E-state index contributed by atoms with van der Waals surface area (Å²) < 4.78 is 41.5. The molecule has 2 aromatic rings. The Labute approximate surface area is 137 Å². The monoisotopic (exact) mass is 354 g/mol. The molecule has 3 N–H and O–H groups in total. The molecule has 8 nitrogen and oxygen atoms in total. The number of nitrogen functional groups attached to an aromatic ring is 1. The number of aromatic nitrogens is 2. The Morgan fingerprint density at radius 3 is 2.67 bits per heavy atom. The number of carbonyl (C=O) groups excluding carboxylic acids is 1. The Morgan fingerprint density at radius 2 is 2.12 bits per heavy atom. The molecule has 2 rings (SSSR count). The van der Waals surface area contributed by atoms with Crippen molar-refractivity contribution in [2.75, 3.05) is 23.9 Å². The fourth-order valence-electron chi connectivity index (χ4n) is 1.77. The third-order valence-corrected chi connectivity index (χ3v) is 4.04. The van der Waals surface area contributed by atoms with E-state index in [1.54, 1.807) is 6.92 Å². The highest BCUT2D eigenvalue weighted by Gasteiger charge is 2.15. The molecule has 10 heteroatoms. The van der Waals surface area contributed by atoms with Gasteiger partial charge in [-0.3, -0.25) is 0 Å². The summed E-state index contributed by atoms with van der Waals surface area (Å²) in [7, 11) is -3.51. The zero-order chi connectivity index (χ0) is 17.9. The van der Waals surface area contributed by atoms with Gasteiger partial charge in [-0.05, 0) is 25.1 Å². The van der Waals surface area contributed by atoms with Crippen molar-refractivity contribution in [2.24, 2.45) is 0 Å². The van der Waals surface area contributed by atoms with Crippen molar-refractivity contribution in [1.82, 2.24) is 9.97 Å². The van der Waals surface area contributed by atoms with E-state index in [0.29, 0.717) is 0 Å². The molecular formula is C14H15FN4O4S. The van der Waals surface area contributed by atoms with Gasteiger partial charge in [0, 0.05) is 12.5 Å². The Bertz CT molecular complexity index is 886. The number of halogens is 1. The summed E-state index contributed by atoms with van der Waals surface area (Å²) >= 11 is 0. The van der Waals surface area contributed by atoms with E-state index in [-0.39, 0.29) is 34.5 Å². The first-order chi connectivity index (χ1) is 11.2. The molecule has 0 saturated carbocycles. The number of nitrogens with one attached hydrogen (secondary N) is 1. The number of esters is 1. The number of ether oxygens (including phenoxy) is 1. The van der Waals surface area contributed by atoms with Gasteiger partial charge in [0.1, 0.15) is 17.2 Å². The molecule has 128 valence electrons. The minimum absolute atomic E-state index is 0.00436. The fraction of sp³-hybridized carbons (Fsp3) is 0.214. The van der Waals surface area contributed by atoms with Gasteiger partial charge in [-0.25, -0.2) is 22.6 Å². The van der Waals surface area contributed by atoms with Crippen LogP contribution < -0.4 is 11.1 Å². The maximum Gasteiger partial charge on any atom is 0.343 e. The van der Waals surface area contributed by atoms with E-state index in [0.717, 1.165) is 18.5 Å². The van der Waals surface area contributed by atoms with Gasteiger partial charge in [-0.2, -0.15) is 4.98 Å². The van der Waals surface area contributed by atoms with Crippen LogP contribution in [0.25, 0.3) is 0 Å². The van der Waals surface area contributed by atoms with E-state index in [1.165, 1.54) is 12.1 Å². The first kappa shape index (κ1) is 17.6. The second-order valence-electron chi connectivity index (χ2n) is 4.75. The Kier molecular flexibility index (Phi) is 4.98. The highest BCUT2D eigenvalue weighted by atomic mass is 32.2. The summed E-state index contributed by atoms with van der Waals surface area (Å²) in [5, 5.41) is 2.57. The van der Waals surface area contributed by atoms with Crippen LogP contribution in [-0.2, 0) is 14.6 Å². The second kappa shape index (κ2) is 6.79. The molecule has 0 amide bonds. The van der Waals surface area contributed by atoms with Crippen molar-refractivity contribution in [1.29, 1.82) is 0 Å². The maximum absolute atomic E-state index is 14.0. The summed E-state index contributed by atoms with van der Waals surface area (Å²) in [6.07, 6.45) is 2.14. The summed E-state index contributed by atoms with van der Waals surface area (Å²) in [5.41, 5.74) is 5.62. The van der Waals surface area contributed by atoms with E-state index >= 15 is 0 Å². The van der Waals surface area contributed by atoms with E-state index in [1.807, 2.05) is 0 Å². The number of rotatable bonds is 5. The van der Waals surface area contributed by atoms with Gasteiger partial charge >= 0.3 is 5.97 Å². The van der Waals surface area contributed by atoms with Gasteiger partial charge in [0.05, 0.1) is 17.2 Å². The third kappa shape index (κ3) is 3.96. The van der Waals surface area contributed by atoms with Crippen molar-refractivity contribution in [3.63, 3.8) is 0 Å². The van der Waals surface area contributed by atoms with Crippen LogP contribution in [0, 0.1) is 5.82 Å². The van der Waals surface area contributed by atoms with E-state index in [4.69, 9.17) is 10.5 Å². The van der Waals surface area contributed by atoms with Crippen molar-refractivity contribution < 1.29 is 22.3 Å². The lowest BCUT2D eigenvalue weighted by molar-refractivity contribution is 0.0527. The van der Waals surface area contributed by atoms with Crippen LogP contribution in [0.5, 0.6) is 0 Å². The quantitative estimate of drug-likeness (QED) is 0.775. The number of sulfone groups is 1. The number of nitrogens with zero attached hydrogens (tertiary/aromatic N) is 2. The zero-order valence-electron chi connectivity index (χ0n) is 12.9. The summed E-state index contributed by atoms with van der Waals surface area (Å²) in [6.45, 7) is 1.82. The van der Waals surface area contributed by atoms with Gasteiger partial charge < -0.3 is 15.8 Å². The van der Waals surface area contributed by atoms with Crippen molar-refractivity contribution in [3.05, 3.63) is 35.8 Å². The van der Waals surface area contributed by atoms with Gasteiger partial charge in [-0.1, -0.05) is 0 Å². The van der Waals surface area contributed by atoms with Gasteiger partial charge in [-0.15, -0.1) is 0 Å². The first-order valence-electron chi connectivity index (χ1n) is 6.78. The number of anilines is 3. The number of benzene rings is 1. The molecule has 0 atom stereocenters. The molecule has 0 unspecified atom stereocenters. The van der Waals surface area contributed by atoms with Crippen LogP contribution in [0.2, 0.25) is 0 Å². The average molecular weight is 354 g/mol. The topological polar surface area (TPSA) is 124 Å². The first-order valence-corrected chi connectivity index (χ1v) is 8.67. The molecule has 0 radical (unpaired) electrons. The Hall–Kier alpha value is -2.75. The molecule has 0 fully saturated rings. The molecule has 1 heterocycles. The SMILES string of the molecule is CCOC(=O)c1cnc(Nc2ccc(S(C)(=O)=O)cc2F)nc1N. The highest BCUT2D eigenvalue weighted by molar-refractivity contribution is 7.90. The molecule has 1 aromatic heterocycles. The van der Waals surface area contributed by atoms with Gasteiger partial charge in [0.2, 0.25) is 5.95 Å². The van der Waals surface area contributed by atoms with Gasteiger partial charge in [0.15, 0.2) is 9.84 Å². The van der Waals surface area contributed by atoms with Crippen LogP contribution in [0.3, 0.4) is 0 Å². The van der Waals surface area contributed by atoms with Crippen LogP contribution in [0.15, 0.2) is 29.3 Å². The number of carbonyl (C=O) groups is 1. The maximum atomic E-state index is 14.0. The van der Waals surface area contributed by atoms with E-state index in [9.17, 15) is 17.6 Å².